The first kappa shape index (κ1) is 18.9. The number of likely N-dealkylation sites (N-methyl/N-ethyl adjacent to an activating group) is 1. The maximum atomic E-state index is 13.3. The zero-order valence-corrected chi connectivity index (χ0v) is 16.4. The summed E-state index contributed by atoms with van der Waals surface area (Å²) in [7, 11) is 5.98. The van der Waals surface area contributed by atoms with Gasteiger partial charge in [0, 0.05) is 19.7 Å². The molecule has 6 nitrogen and oxygen atoms in total. The number of amides is 1. The summed E-state index contributed by atoms with van der Waals surface area (Å²) in [4.78, 5) is 16.4. The van der Waals surface area contributed by atoms with Crippen LogP contribution in [0.5, 0.6) is 0 Å². The van der Waals surface area contributed by atoms with Crippen molar-refractivity contribution in [3.8, 4) is 11.5 Å². The lowest BCUT2D eigenvalue weighted by Gasteiger charge is -2.23. The zero-order chi connectivity index (χ0) is 19.4. The highest BCUT2D eigenvalue weighted by atomic mass is 16.3. The van der Waals surface area contributed by atoms with Gasteiger partial charge in [-0.25, -0.2) is 0 Å². The second-order valence-electron chi connectivity index (χ2n) is 7.12. The third-order valence-electron chi connectivity index (χ3n) is 4.48. The Bertz CT molecular complexity index is 896. The number of aromatic nitrogens is 2. The lowest BCUT2D eigenvalue weighted by molar-refractivity contribution is -0.857. The van der Waals surface area contributed by atoms with Crippen LogP contribution in [0.25, 0.3) is 11.5 Å². The first-order valence-electron chi connectivity index (χ1n) is 9.17. The second-order valence-corrected chi connectivity index (χ2v) is 7.12. The van der Waals surface area contributed by atoms with E-state index in [0.29, 0.717) is 30.2 Å². The Kier molecular flexibility index (Phi) is 5.76. The summed E-state index contributed by atoms with van der Waals surface area (Å²) >= 11 is 0. The Hall–Kier alpha value is -2.86. The van der Waals surface area contributed by atoms with E-state index in [1.165, 1.54) is 4.90 Å². The van der Waals surface area contributed by atoms with Gasteiger partial charge < -0.3 is 14.2 Å². The molecule has 0 spiro atoms. The summed E-state index contributed by atoms with van der Waals surface area (Å²) in [6, 6.07) is 15.6. The highest BCUT2D eigenvalue weighted by molar-refractivity contribution is 5.93. The summed E-state index contributed by atoms with van der Waals surface area (Å²) in [5.41, 5.74) is 2.35. The molecule has 0 aliphatic rings. The molecule has 0 aliphatic carbocycles. The van der Waals surface area contributed by atoms with Crippen molar-refractivity contribution < 1.29 is 14.1 Å². The zero-order valence-electron chi connectivity index (χ0n) is 16.4. The van der Waals surface area contributed by atoms with Crippen LogP contribution in [0.2, 0.25) is 0 Å². The number of furan rings is 1. The number of nitrogens with one attached hydrogen (secondary N) is 1. The minimum Gasteiger partial charge on any atom is -0.460 e. The molecular formula is C21H27N4O2+. The smallest absolute Gasteiger partial charge is 0.272 e. The third kappa shape index (κ3) is 4.65. The first-order chi connectivity index (χ1) is 12.9. The highest BCUT2D eigenvalue weighted by Gasteiger charge is 2.22. The summed E-state index contributed by atoms with van der Waals surface area (Å²) in [5, 5.41) is 4.47. The Labute approximate surface area is 160 Å². The van der Waals surface area contributed by atoms with Crippen LogP contribution in [0, 0.1) is 6.92 Å². The van der Waals surface area contributed by atoms with Gasteiger partial charge in [-0.15, -0.1) is 0 Å². The van der Waals surface area contributed by atoms with Gasteiger partial charge in [-0.1, -0.05) is 30.3 Å². The number of quaternary nitrogens is 1. The molecule has 6 heteroatoms. The van der Waals surface area contributed by atoms with E-state index >= 15 is 0 Å². The van der Waals surface area contributed by atoms with E-state index in [2.05, 4.69) is 19.2 Å². The van der Waals surface area contributed by atoms with Crippen LogP contribution in [0.1, 0.15) is 21.8 Å². The van der Waals surface area contributed by atoms with Crippen molar-refractivity contribution in [2.24, 2.45) is 7.05 Å². The number of rotatable bonds is 7. The molecule has 0 atom stereocenters. The van der Waals surface area contributed by atoms with Gasteiger partial charge in [0.05, 0.1) is 27.2 Å². The molecule has 3 aromatic rings. The van der Waals surface area contributed by atoms with Crippen LogP contribution in [-0.4, -0.2) is 47.8 Å². The predicted octanol–water partition coefficient (Wildman–Crippen LogP) is 1.78. The van der Waals surface area contributed by atoms with E-state index in [-0.39, 0.29) is 5.91 Å². The van der Waals surface area contributed by atoms with Gasteiger partial charge in [-0.2, -0.15) is 5.10 Å². The molecule has 2 heterocycles. The standard InChI is InChI=1S/C21H26N4O2/c1-16-10-11-20(27-16)18-14-19(24(4)22-18)21(26)25(13-12-23(2)3)15-17-8-6-5-7-9-17/h5-11,14H,12-13,15H2,1-4H3/p+1. The van der Waals surface area contributed by atoms with Crippen LogP contribution in [0.15, 0.2) is 52.9 Å². The van der Waals surface area contributed by atoms with Crippen molar-refractivity contribution in [2.45, 2.75) is 13.5 Å². The molecule has 0 unspecified atom stereocenters. The Balaban J connectivity index is 1.85. The lowest BCUT2D eigenvalue weighted by Crippen LogP contribution is -3.06. The van der Waals surface area contributed by atoms with Crippen molar-refractivity contribution >= 4 is 5.91 Å². The van der Waals surface area contributed by atoms with Crippen LogP contribution in [0.4, 0.5) is 0 Å². The normalized spacial score (nSPS) is 11.1. The van der Waals surface area contributed by atoms with Gasteiger partial charge in [0.15, 0.2) is 5.76 Å². The molecule has 27 heavy (non-hydrogen) atoms. The number of benzene rings is 1. The SMILES string of the molecule is Cc1ccc(-c2cc(C(=O)N(CC[NH+](C)C)Cc3ccccc3)n(C)n2)o1. The van der Waals surface area contributed by atoms with Crippen LogP contribution in [0.3, 0.4) is 0 Å². The number of carbonyl (C=O) groups excluding carboxylic acids is 1. The van der Waals surface area contributed by atoms with Gasteiger partial charge in [-0.3, -0.25) is 9.48 Å². The molecule has 0 bridgehead atoms. The maximum absolute atomic E-state index is 13.3. The third-order valence-corrected chi connectivity index (χ3v) is 4.48. The molecule has 0 aliphatic heterocycles. The fourth-order valence-electron chi connectivity index (χ4n) is 2.94. The highest BCUT2D eigenvalue weighted by Crippen LogP contribution is 2.22. The van der Waals surface area contributed by atoms with Crippen molar-refractivity contribution in [3.63, 3.8) is 0 Å². The number of carbonyl (C=O) groups is 1. The summed E-state index contributed by atoms with van der Waals surface area (Å²) < 4.78 is 7.28. The maximum Gasteiger partial charge on any atom is 0.272 e. The molecule has 0 saturated carbocycles. The van der Waals surface area contributed by atoms with Crippen molar-refractivity contribution in [3.05, 3.63) is 65.5 Å². The van der Waals surface area contributed by atoms with Gasteiger partial charge in [-0.05, 0) is 24.6 Å². The topological polar surface area (TPSA) is 55.7 Å². The minimum absolute atomic E-state index is 0.0235. The quantitative estimate of drug-likeness (QED) is 0.693. The van der Waals surface area contributed by atoms with E-state index in [1.54, 1.807) is 17.8 Å². The van der Waals surface area contributed by atoms with E-state index in [9.17, 15) is 4.79 Å². The van der Waals surface area contributed by atoms with Gasteiger partial charge in [0.1, 0.15) is 17.1 Å². The molecule has 1 amide bonds. The number of aryl methyl sites for hydroxylation is 2. The molecule has 1 aromatic carbocycles. The Morgan fingerprint density at radius 2 is 1.93 bits per heavy atom. The molecular weight excluding hydrogens is 340 g/mol. The number of hydrogen-bond donors (Lipinski definition) is 1. The van der Waals surface area contributed by atoms with Gasteiger partial charge >= 0.3 is 0 Å². The average Bonchev–Trinajstić information content (AvgIpc) is 3.24. The fourth-order valence-corrected chi connectivity index (χ4v) is 2.94. The molecule has 142 valence electrons. The van der Waals surface area contributed by atoms with Crippen molar-refractivity contribution in [1.29, 1.82) is 0 Å². The summed E-state index contributed by atoms with van der Waals surface area (Å²) in [6.07, 6.45) is 0. The Morgan fingerprint density at radius 3 is 2.56 bits per heavy atom. The fraction of sp³-hybridized carbons (Fsp3) is 0.333. The van der Waals surface area contributed by atoms with Crippen LogP contribution < -0.4 is 4.90 Å². The molecule has 0 fully saturated rings. The predicted molar refractivity (Wildman–Crippen MR) is 105 cm³/mol. The average molecular weight is 367 g/mol. The largest absolute Gasteiger partial charge is 0.460 e. The van der Waals surface area contributed by atoms with E-state index in [0.717, 1.165) is 17.9 Å². The van der Waals surface area contributed by atoms with Crippen molar-refractivity contribution in [2.75, 3.05) is 27.2 Å². The molecule has 0 radical (unpaired) electrons. The summed E-state index contributed by atoms with van der Waals surface area (Å²) in [5.74, 6) is 1.47. The first-order valence-corrected chi connectivity index (χ1v) is 9.17. The monoisotopic (exact) mass is 367 g/mol. The second kappa shape index (κ2) is 8.22. The molecule has 0 saturated heterocycles. The van der Waals surface area contributed by atoms with E-state index in [4.69, 9.17) is 4.42 Å². The van der Waals surface area contributed by atoms with Gasteiger partial charge in [0.2, 0.25) is 0 Å². The van der Waals surface area contributed by atoms with Gasteiger partial charge in [0.25, 0.3) is 5.91 Å². The molecule has 3 rings (SSSR count). The van der Waals surface area contributed by atoms with E-state index < -0.39 is 0 Å². The number of nitrogens with zero attached hydrogens (tertiary/aromatic N) is 3. The molecule has 1 N–H and O–H groups in total. The lowest BCUT2D eigenvalue weighted by atomic mass is 10.2. The Morgan fingerprint density at radius 1 is 1.19 bits per heavy atom. The number of hydrogen-bond acceptors (Lipinski definition) is 3. The van der Waals surface area contributed by atoms with Crippen molar-refractivity contribution in [1.82, 2.24) is 14.7 Å². The van der Waals surface area contributed by atoms with Crippen LogP contribution in [-0.2, 0) is 13.6 Å². The minimum atomic E-state index is -0.0235. The molecule has 2 aromatic heterocycles. The van der Waals surface area contributed by atoms with E-state index in [1.807, 2.05) is 54.3 Å². The summed E-state index contributed by atoms with van der Waals surface area (Å²) in [6.45, 7) is 4.02. The van der Waals surface area contributed by atoms with Crippen LogP contribution >= 0.6 is 0 Å².